The monoisotopic (exact) mass is 319 g/mol. The number of carboxylic acid groups (broad SMARTS) is 1. The first kappa shape index (κ1) is 17.9. The molecule has 2 N–H and O–H groups in total. The number of carbonyl (C=O) groups is 2. The highest BCUT2D eigenvalue weighted by molar-refractivity contribution is 7.92. The summed E-state index contributed by atoms with van der Waals surface area (Å²) in [5, 5.41) is 11.2. The minimum atomic E-state index is -3.40. The fourth-order valence-electron chi connectivity index (χ4n) is 2.83. The van der Waals surface area contributed by atoms with Gasteiger partial charge in [0.05, 0.1) is 0 Å². The molecule has 0 aliphatic heterocycles. The number of nitrogens with one attached hydrogen (secondary N) is 1. The van der Waals surface area contributed by atoms with E-state index in [0.29, 0.717) is 25.8 Å². The number of hydrogen-bond acceptors (Lipinski definition) is 4. The largest absolute Gasteiger partial charge is 0.481 e. The molecule has 0 saturated heterocycles. The van der Waals surface area contributed by atoms with Crippen molar-refractivity contribution in [3.8, 4) is 0 Å². The average molecular weight is 319 g/mol. The van der Waals surface area contributed by atoms with Crippen molar-refractivity contribution in [2.45, 2.75) is 62.5 Å². The Balaban J connectivity index is 2.31. The highest BCUT2D eigenvalue weighted by Crippen LogP contribution is 2.36. The number of carboxylic acids is 1. The van der Waals surface area contributed by atoms with E-state index in [9.17, 15) is 18.0 Å². The van der Waals surface area contributed by atoms with E-state index in [4.69, 9.17) is 5.11 Å². The Bertz CT molecular complexity index is 466. The SMILES string of the molecule is CS(=O)(=O)C1(C(=O)NCCCCCCC(=O)O)CCCC1. The van der Waals surface area contributed by atoms with Crippen LogP contribution in [0.1, 0.15) is 57.8 Å². The number of hydrogen-bond donors (Lipinski definition) is 2. The van der Waals surface area contributed by atoms with Crippen molar-refractivity contribution in [3.05, 3.63) is 0 Å². The third-order valence-corrected chi connectivity index (χ3v) is 6.15. The van der Waals surface area contributed by atoms with E-state index in [-0.39, 0.29) is 12.3 Å². The number of unbranched alkanes of at least 4 members (excludes halogenated alkanes) is 3. The highest BCUT2D eigenvalue weighted by atomic mass is 32.2. The minimum absolute atomic E-state index is 0.170. The molecule has 1 aliphatic carbocycles. The van der Waals surface area contributed by atoms with E-state index in [1.807, 2.05) is 0 Å². The molecule has 0 aromatic rings. The Morgan fingerprint density at radius 3 is 2.19 bits per heavy atom. The predicted molar refractivity (Wildman–Crippen MR) is 79.8 cm³/mol. The normalized spacial score (nSPS) is 17.6. The molecule has 0 unspecified atom stereocenters. The van der Waals surface area contributed by atoms with Gasteiger partial charge in [-0.1, -0.05) is 25.7 Å². The number of carbonyl (C=O) groups excluding carboxylic acids is 1. The molecule has 0 spiro atoms. The number of amides is 1. The summed E-state index contributed by atoms with van der Waals surface area (Å²) in [7, 11) is -3.40. The summed E-state index contributed by atoms with van der Waals surface area (Å²) in [5.74, 6) is -1.16. The molecule has 1 fully saturated rings. The van der Waals surface area contributed by atoms with Crippen LogP contribution in [0.3, 0.4) is 0 Å². The quantitative estimate of drug-likeness (QED) is 0.627. The van der Waals surface area contributed by atoms with Crippen LogP contribution in [0.15, 0.2) is 0 Å². The van der Waals surface area contributed by atoms with Crippen LogP contribution in [-0.4, -0.2) is 42.9 Å². The zero-order valence-electron chi connectivity index (χ0n) is 12.6. The Labute approximate surface area is 126 Å². The van der Waals surface area contributed by atoms with Gasteiger partial charge in [-0.25, -0.2) is 8.42 Å². The standard InChI is InChI=1S/C14H25NO5S/c1-21(19,20)14(9-5-6-10-14)13(18)15-11-7-3-2-4-8-12(16)17/h2-11H2,1H3,(H,15,18)(H,16,17). The van der Waals surface area contributed by atoms with Crippen LogP contribution in [0.4, 0.5) is 0 Å². The fourth-order valence-corrected chi connectivity index (χ4v) is 4.27. The van der Waals surface area contributed by atoms with Crippen LogP contribution in [0, 0.1) is 0 Å². The summed E-state index contributed by atoms with van der Waals surface area (Å²) < 4.78 is 22.6. The molecule has 122 valence electrons. The van der Waals surface area contributed by atoms with E-state index in [0.717, 1.165) is 38.4 Å². The van der Waals surface area contributed by atoms with Gasteiger partial charge in [0.2, 0.25) is 5.91 Å². The third-order valence-electron chi connectivity index (χ3n) is 4.14. The molecular weight excluding hydrogens is 294 g/mol. The maximum Gasteiger partial charge on any atom is 0.303 e. The van der Waals surface area contributed by atoms with Crippen LogP contribution < -0.4 is 5.32 Å². The van der Waals surface area contributed by atoms with Gasteiger partial charge in [0.25, 0.3) is 0 Å². The highest BCUT2D eigenvalue weighted by Gasteiger charge is 2.49. The molecule has 1 saturated carbocycles. The Morgan fingerprint density at radius 1 is 1.10 bits per heavy atom. The summed E-state index contributed by atoms with van der Waals surface area (Å²) in [6.07, 6.45) is 6.70. The van der Waals surface area contributed by atoms with Crippen molar-refractivity contribution in [2.24, 2.45) is 0 Å². The van der Waals surface area contributed by atoms with Gasteiger partial charge in [-0.3, -0.25) is 9.59 Å². The molecule has 0 radical (unpaired) electrons. The van der Waals surface area contributed by atoms with Gasteiger partial charge in [-0.2, -0.15) is 0 Å². The second-order valence-corrected chi connectivity index (χ2v) is 8.11. The zero-order chi connectivity index (χ0) is 15.9. The van der Waals surface area contributed by atoms with Crippen LogP contribution >= 0.6 is 0 Å². The molecule has 1 aliphatic rings. The summed E-state index contributed by atoms with van der Waals surface area (Å²) in [6.45, 7) is 0.448. The fraction of sp³-hybridized carbons (Fsp3) is 0.857. The predicted octanol–water partition coefficient (Wildman–Crippen LogP) is 1.50. The first-order valence-corrected chi connectivity index (χ1v) is 9.38. The molecule has 0 heterocycles. The van der Waals surface area contributed by atoms with E-state index >= 15 is 0 Å². The molecule has 1 amide bonds. The molecule has 7 heteroatoms. The number of rotatable bonds is 9. The molecule has 1 rings (SSSR count). The first-order chi connectivity index (χ1) is 9.79. The van der Waals surface area contributed by atoms with Crippen molar-refractivity contribution >= 4 is 21.7 Å². The first-order valence-electron chi connectivity index (χ1n) is 7.49. The van der Waals surface area contributed by atoms with E-state index in [1.165, 1.54) is 0 Å². The zero-order valence-corrected chi connectivity index (χ0v) is 13.4. The smallest absolute Gasteiger partial charge is 0.303 e. The molecule has 6 nitrogen and oxygen atoms in total. The van der Waals surface area contributed by atoms with Crippen LogP contribution in [-0.2, 0) is 19.4 Å². The third kappa shape index (κ3) is 4.98. The molecule has 0 atom stereocenters. The van der Waals surface area contributed by atoms with Gasteiger partial charge in [0.1, 0.15) is 4.75 Å². The summed E-state index contributed by atoms with van der Waals surface area (Å²) in [6, 6.07) is 0. The van der Waals surface area contributed by atoms with E-state index in [1.54, 1.807) is 0 Å². The van der Waals surface area contributed by atoms with Gasteiger partial charge in [0.15, 0.2) is 9.84 Å². The van der Waals surface area contributed by atoms with Crippen molar-refractivity contribution in [3.63, 3.8) is 0 Å². The summed E-state index contributed by atoms with van der Waals surface area (Å²) in [5.41, 5.74) is 0. The second kappa shape index (κ2) is 7.77. The van der Waals surface area contributed by atoms with Gasteiger partial charge in [0, 0.05) is 19.2 Å². The van der Waals surface area contributed by atoms with E-state index in [2.05, 4.69) is 5.32 Å². The minimum Gasteiger partial charge on any atom is -0.481 e. The number of aliphatic carboxylic acids is 1. The maximum absolute atomic E-state index is 12.2. The lowest BCUT2D eigenvalue weighted by atomic mass is 10.1. The van der Waals surface area contributed by atoms with Gasteiger partial charge in [-0.15, -0.1) is 0 Å². The van der Waals surface area contributed by atoms with Crippen LogP contribution in [0.2, 0.25) is 0 Å². The van der Waals surface area contributed by atoms with Crippen LogP contribution in [0.5, 0.6) is 0 Å². The Kier molecular flexibility index (Phi) is 6.64. The van der Waals surface area contributed by atoms with Gasteiger partial charge < -0.3 is 10.4 Å². The molecule has 0 aromatic carbocycles. The second-order valence-electron chi connectivity index (χ2n) is 5.79. The van der Waals surface area contributed by atoms with Crippen LogP contribution in [0.25, 0.3) is 0 Å². The summed E-state index contributed by atoms with van der Waals surface area (Å²) >= 11 is 0. The lowest BCUT2D eigenvalue weighted by Gasteiger charge is -2.25. The topological polar surface area (TPSA) is 101 Å². The van der Waals surface area contributed by atoms with Gasteiger partial charge in [-0.05, 0) is 25.7 Å². The Morgan fingerprint density at radius 2 is 1.67 bits per heavy atom. The molecular formula is C14H25NO5S. The average Bonchev–Trinajstić information content (AvgIpc) is 2.87. The van der Waals surface area contributed by atoms with Crippen molar-refractivity contribution in [1.29, 1.82) is 0 Å². The molecule has 0 bridgehead atoms. The molecule has 21 heavy (non-hydrogen) atoms. The van der Waals surface area contributed by atoms with Gasteiger partial charge >= 0.3 is 5.97 Å². The molecule has 0 aromatic heterocycles. The van der Waals surface area contributed by atoms with Crippen molar-refractivity contribution < 1.29 is 23.1 Å². The van der Waals surface area contributed by atoms with E-state index < -0.39 is 20.6 Å². The lowest BCUT2D eigenvalue weighted by molar-refractivity contribution is -0.137. The Hall–Kier alpha value is -1.11. The lowest BCUT2D eigenvalue weighted by Crippen LogP contribution is -2.50. The summed E-state index contributed by atoms with van der Waals surface area (Å²) in [4.78, 5) is 22.6. The number of sulfone groups is 1. The van der Waals surface area contributed by atoms with Crippen molar-refractivity contribution in [2.75, 3.05) is 12.8 Å². The maximum atomic E-state index is 12.2. The van der Waals surface area contributed by atoms with Crippen molar-refractivity contribution in [1.82, 2.24) is 5.32 Å².